The van der Waals surface area contributed by atoms with Crippen molar-refractivity contribution in [3.8, 4) is 0 Å². The maximum absolute atomic E-state index is 10.1. The first kappa shape index (κ1) is 22.0. The van der Waals surface area contributed by atoms with Crippen LogP contribution in [0.1, 0.15) is 53.4 Å². The van der Waals surface area contributed by atoms with Crippen molar-refractivity contribution in [2.75, 3.05) is 0 Å². The van der Waals surface area contributed by atoms with Crippen LogP contribution in [-0.2, 0) is 9.59 Å². The Balaban J connectivity index is 0. The van der Waals surface area contributed by atoms with E-state index in [0.717, 1.165) is 13.8 Å². The summed E-state index contributed by atoms with van der Waals surface area (Å²) < 4.78 is 3.25. The Morgan fingerprint density at radius 3 is 1.75 bits per heavy atom. The van der Waals surface area contributed by atoms with Gasteiger partial charge in [-0.2, -0.15) is 0 Å². The molecule has 5 nitrogen and oxygen atoms in total. The predicted octanol–water partition coefficient (Wildman–Crippen LogP) is 0.000700. The van der Waals surface area contributed by atoms with E-state index in [-0.39, 0.29) is 21.1 Å². The van der Waals surface area contributed by atoms with Crippen molar-refractivity contribution in [2.24, 2.45) is 5.92 Å². The van der Waals surface area contributed by atoms with Gasteiger partial charge < -0.3 is 24.9 Å². The molecule has 0 aliphatic rings. The molecule has 0 spiro atoms. The van der Waals surface area contributed by atoms with Gasteiger partial charge in [-0.25, -0.2) is 0 Å². The summed E-state index contributed by atoms with van der Waals surface area (Å²) in [5, 5.41) is 29.2. The summed E-state index contributed by atoms with van der Waals surface area (Å²) in [6.07, 6.45) is 5.84. The number of unbranched alkanes of at least 4 members (excludes halogenated alkanes) is 2. The summed E-state index contributed by atoms with van der Waals surface area (Å²) in [6, 6.07) is 0. The molecule has 0 rings (SSSR count). The zero-order valence-electron chi connectivity index (χ0n) is 12.9. The predicted molar refractivity (Wildman–Crippen MR) is 75.0 cm³/mol. The van der Waals surface area contributed by atoms with E-state index in [9.17, 15) is 19.8 Å². The van der Waals surface area contributed by atoms with Crippen LogP contribution < -0.4 is 10.2 Å². The summed E-state index contributed by atoms with van der Waals surface area (Å²) in [5.41, 5.74) is -2.38. The molecule has 1 N–H and O–H groups in total. The molecule has 0 saturated heterocycles. The summed E-state index contributed by atoms with van der Waals surface area (Å²) in [5.74, 6) is -4.94. The van der Waals surface area contributed by atoms with Crippen molar-refractivity contribution in [1.29, 1.82) is 0 Å². The third-order valence-corrected chi connectivity index (χ3v) is 7.06. The average molecular weight is 393 g/mol. The molecule has 0 aliphatic heterocycles. The van der Waals surface area contributed by atoms with Gasteiger partial charge in [0, 0.05) is 11.9 Å². The number of hydrogen-bond acceptors (Lipinski definition) is 5. The second-order valence-corrected chi connectivity index (χ2v) is 9.21. The fourth-order valence-electron chi connectivity index (χ4n) is 1.13. The fraction of sp³-hybridized carbons (Fsp3) is 0.857. The van der Waals surface area contributed by atoms with E-state index in [1.165, 1.54) is 25.7 Å². The number of aliphatic carboxylic acids is 2. The van der Waals surface area contributed by atoms with Crippen molar-refractivity contribution >= 4 is 33.1 Å². The van der Waals surface area contributed by atoms with Crippen LogP contribution in [-0.4, -0.2) is 43.8 Å². The van der Waals surface area contributed by atoms with E-state index in [0.29, 0.717) is 0 Å². The average Bonchev–Trinajstić information content (AvgIpc) is 2.38. The molecular weight excluding hydrogens is 367 g/mol. The molecule has 0 aromatic carbocycles. The molecule has 0 fully saturated rings. The number of carbonyl (C=O) groups excluding carboxylic acids is 2. The van der Waals surface area contributed by atoms with Crippen LogP contribution in [0.3, 0.4) is 0 Å². The van der Waals surface area contributed by atoms with Gasteiger partial charge in [0.25, 0.3) is 0 Å². The topological polar surface area (TPSA) is 100 Å². The molecular formula is C14H26O5Sn. The molecule has 20 heavy (non-hydrogen) atoms. The zero-order chi connectivity index (χ0) is 16.2. The molecule has 2 unspecified atom stereocenters. The van der Waals surface area contributed by atoms with Gasteiger partial charge in [0.05, 0.1) is 5.97 Å². The zero-order valence-corrected chi connectivity index (χ0v) is 15.8. The van der Waals surface area contributed by atoms with Gasteiger partial charge >= 0.3 is 69.5 Å². The van der Waals surface area contributed by atoms with E-state index in [1.807, 2.05) is 0 Å². The van der Waals surface area contributed by atoms with Gasteiger partial charge in [-0.05, 0) is 6.92 Å². The van der Waals surface area contributed by atoms with Crippen LogP contribution in [0, 0.1) is 5.92 Å². The Morgan fingerprint density at radius 2 is 1.55 bits per heavy atom. The van der Waals surface area contributed by atoms with Crippen LogP contribution in [0.5, 0.6) is 0 Å². The minimum atomic E-state index is -2.38. The Bertz CT molecular complexity index is 273. The van der Waals surface area contributed by atoms with Crippen molar-refractivity contribution in [2.45, 2.75) is 67.9 Å². The van der Waals surface area contributed by atoms with Crippen molar-refractivity contribution in [3.05, 3.63) is 0 Å². The standard InChI is InChI=1S/C6H10O5.2C4H9.Sn/c1-3(4(7)8)6(2,11)5(9)10;2*1-3-4-2;/h3,11H,1-2H3,(H,7,8)(H,9,10);2*1,3-4H2,2H3;/q;;;+2/p-2. The van der Waals surface area contributed by atoms with E-state index >= 15 is 0 Å². The molecule has 6 heteroatoms. The van der Waals surface area contributed by atoms with E-state index in [1.54, 1.807) is 8.87 Å². The first-order valence-electron chi connectivity index (χ1n) is 7.07. The third-order valence-electron chi connectivity index (χ3n) is 3.02. The van der Waals surface area contributed by atoms with Gasteiger partial charge in [0.15, 0.2) is 0 Å². The van der Waals surface area contributed by atoms with Crippen molar-refractivity contribution in [3.63, 3.8) is 0 Å². The molecule has 2 atom stereocenters. The fourth-order valence-corrected chi connectivity index (χ4v) is 5.29. The summed E-state index contributed by atoms with van der Waals surface area (Å²) >= 11 is 0.149. The third kappa shape index (κ3) is 10.5. The van der Waals surface area contributed by atoms with E-state index in [2.05, 4.69) is 13.8 Å². The van der Waals surface area contributed by atoms with Gasteiger partial charge in [-0.15, -0.1) is 0 Å². The van der Waals surface area contributed by atoms with Crippen LogP contribution in [0.15, 0.2) is 0 Å². The number of carboxylic acid groups (broad SMARTS) is 2. The van der Waals surface area contributed by atoms with E-state index in [4.69, 9.17) is 5.11 Å². The minimum absolute atomic E-state index is 0.149. The number of rotatable bonds is 9. The van der Waals surface area contributed by atoms with Crippen LogP contribution in [0.25, 0.3) is 0 Å². The molecule has 0 radical (unpaired) electrons. The number of carbonyl (C=O) groups is 2. The summed E-state index contributed by atoms with van der Waals surface area (Å²) in [6.45, 7) is 6.46. The molecule has 116 valence electrons. The van der Waals surface area contributed by atoms with Crippen molar-refractivity contribution in [1.82, 2.24) is 0 Å². The normalized spacial score (nSPS) is 14.2. The SMILES string of the molecule is CC(C(=O)[O-])C(C)(O)C(=O)[O-].CCC[CH2][Sn+2][CH2]CCC. The molecule has 0 aromatic heterocycles. The van der Waals surface area contributed by atoms with Gasteiger partial charge in [0.2, 0.25) is 0 Å². The first-order valence-corrected chi connectivity index (χ1v) is 11.1. The summed E-state index contributed by atoms with van der Waals surface area (Å²) in [7, 11) is 0. The van der Waals surface area contributed by atoms with Crippen LogP contribution in [0.2, 0.25) is 8.87 Å². The Hall–Kier alpha value is -0.301. The quantitative estimate of drug-likeness (QED) is 0.439. The Morgan fingerprint density at radius 1 is 1.15 bits per heavy atom. The summed E-state index contributed by atoms with van der Waals surface area (Å²) in [4.78, 5) is 20.2. The molecule has 0 bridgehead atoms. The van der Waals surface area contributed by atoms with Crippen LogP contribution >= 0.6 is 0 Å². The molecule has 0 amide bonds. The second-order valence-electron chi connectivity index (χ2n) is 4.93. The molecule has 0 heterocycles. The number of hydrogen-bond donors (Lipinski definition) is 1. The Labute approximate surface area is 132 Å². The van der Waals surface area contributed by atoms with Crippen LogP contribution in [0.4, 0.5) is 0 Å². The first-order chi connectivity index (χ1) is 9.21. The monoisotopic (exact) mass is 394 g/mol. The van der Waals surface area contributed by atoms with E-state index < -0.39 is 23.5 Å². The molecule has 0 saturated carbocycles. The van der Waals surface area contributed by atoms with Crippen molar-refractivity contribution < 1.29 is 24.9 Å². The maximum atomic E-state index is 10.1. The van der Waals surface area contributed by atoms with Gasteiger partial charge in [0.1, 0.15) is 5.60 Å². The van der Waals surface area contributed by atoms with Gasteiger partial charge in [-0.3, -0.25) is 0 Å². The Kier molecular flexibility index (Phi) is 13.7. The number of aliphatic hydroxyl groups is 1. The molecule has 0 aromatic rings. The second kappa shape index (κ2) is 12.4. The van der Waals surface area contributed by atoms with Gasteiger partial charge in [-0.1, -0.05) is 6.92 Å². The molecule has 0 aliphatic carbocycles. The number of carboxylic acids is 2.